The van der Waals surface area contributed by atoms with Crippen LogP contribution in [-0.4, -0.2) is 79.2 Å². The van der Waals surface area contributed by atoms with Crippen molar-refractivity contribution in [3.8, 4) is 0 Å². The van der Waals surface area contributed by atoms with E-state index in [0.717, 1.165) is 11.9 Å². The van der Waals surface area contributed by atoms with E-state index in [1.165, 1.54) is 4.90 Å². The Hall–Kier alpha value is -3.05. The highest BCUT2D eigenvalue weighted by Crippen LogP contribution is 2.64. The van der Waals surface area contributed by atoms with Crippen molar-refractivity contribution >= 4 is 28.8 Å². The average molecular weight is 513 g/mol. The Balaban J connectivity index is 1.50. The van der Waals surface area contributed by atoms with Gasteiger partial charge in [0.2, 0.25) is 17.7 Å². The normalized spacial score (nSPS) is 31.1. The molecule has 0 aliphatic carbocycles. The molecule has 4 heterocycles. The Labute approximate surface area is 215 Å². The van der Waals surface area contributed by atoms with Gasteiger partial charge in [0.1, 0.15) is 23.8 Å². The van der Waals surface area contributed by atoms with Crippen LogP contribution in [-0.2, 0) is 25.8 Å². The van der Waals surface area contributed by atoms with Crippen LogP contribution >= 0.6 is 0 Å². The summed E-state index contributed by atoms with van der Waals surface area (Å²) in [5.41, 5.74) is -0.428. The van der Waals surface area contributed by atoms with Crippen molar-refractivity contribution in [3.63, 3.8) is 0 Å². The zero-order valence-corrected chi connectivity index (χ0v) is 21.6. The molecule has 6 atom stereocenters. The maximum absolute atomic E-state index is 14.0. The largest absolute Gasteiger partial charge is 0.394 e. The Morgan fingerprint density at radius 2 is 1.97 bits per heavy atom. The first-order valence-electron chi connectivity index (χ1n) is 13.3. The number of nitrogens with one attached hydrogen (secondary N) is 2. The third-order valence-electron chi connectivity index (χ3n) is 8.60. The number of hydrogen-bond acceptors (Lipinski definition) is 7. The van der Waals surface area contributed by atoms with Crippen molar-refractivity contribution in [1.29, 1.82) is 0 Å². The second-order valence-electron chi connectivity index (χ2n) is 10.4. The Kier molecular flexibility index (Phi) is 6.70. The van der Waals surface area contributed by atoms with Gasteiger partial charge in [-0.2, -0.15) is 0 Å². The lowest BCUT2D eigenvalue weighted by atomic mass is 9.65. The van der Waals surface area contributed by atoms with Crippen LogP contribution in [0.1, 0.15) is 52.9 Å². The lowest BCUT2D eigenvalue weighted by Crippen LogP contribution is -2.58. The van der Waals surface area contributed by atoms with Crippen molar-refractivity contribution < 1.29 is 24.2 Å². The van der Waals surface area contributed by atoms with Crippen molar-refractivity contribution in [2.45, 2.75) is 82.8 Å². The first-order valence-corrected chi connectivity index (χ1v) is 13.3. The molecule has 37 heavy (non-hydrogen) atoms. The van der Waals surface area contributed by atoms with E-state index in [0.29, 0.717) is 37.7 Å². The van der Waals surface area contributed by atoms with E-state index in [1.54, 1.807) is 4.68 Å². The maximum atomic E-state index is 14.0. The first kappa shape index (κ1) is 25.6. The van der Waals surface area contributed by atoms with Gasteiger partial charge in [0, 0.05) is 6.54 Å². The third-order valence-corrected chi connectivity index (χ3v) is 8.60. The summed E-state index contributed by atoms with van der Waals surface area (Å²) >= 11 is 0. The molecule has 0 saturated carbocycles. The van der Waals surface area contributed by atoms with Gasteiger partial charge in [0.25, 0.3) is 0 Å². The number of benzene rings is 1. The number of nitrogens with zero attached hydrogens (tertiary/aromatic N) is 4. The second kappa shape index (κ2) is 9.68. The minimum atomic E-state index is -1.13. The van der Waals surface area contributed by atoms with Gasteiger partial charge in [0.05, 0.1) is 35.6 Å². The molecule has 3 aliphatic heterocycles. The number of aliphatic hydroxyl groups is 1. The number of carbonyl (C=O) groups excluding carboxylic acids is 3. The van der Waals surface area contributed by atoms with Gasteiger partial charge in [0.15, 0.2) is 0 Å². The number of fused-ring (bicyclic) bond motifs is 2. The summed E-state index contributed by atoms with van der Waals surface area (Å²) in [5, 5.41) is 24.3. The number of rotatable bonds is 10. The second-order valence-corrected chi connectivity index (χ2v) is 10.4. The fourth-order valence-electron chi connectivity index (χ4n) is 6.80. The minimum absolute atomic E-state index is 0.0634. The molecule has 1 spiro atoms. The number of para-hydroxylation sites is 1. The minimum Gasteiger partial charge on any atom is -0.394 e. The van der Waals surface area contributed by atoms with E-state index in [1.807, 2.05) is 45.0 Å². The van der Waals surface area contributed by atoms with Crippen LogP contribution in [0.3, 0.4) is 0 Å². The van der Waals surface area contributed by atoms with Crippen LogP contribution in [0.25, 0.3) is 11.0 Å². The fourth-order valence-corrected chi connectivity index (χ4v) is 6.80. The van der Waals surface area contributed by atoms with Crippen LogP contribution in [0.2, 0.25) is 0 Å². The van der Waals surface area contributed by atoms with Crippen molar-refractivity contribution in [2.75, 3.05) is 13.2 Å². The molecule has 1 aromatic heterocycles. The van der Waals surface area contributed by atoms with E-state index in [9.17, 15) is 19.5 Å². The topological polar surface area (TPSA) is 139 Å². The highest BCUT2D eigenvalue weighted by molar-refractivity contribution is 5.99. The third kappa shape index (κ3) is 3.73. The van der Waals surface area contributed by atoms with Crippen LogP contribution < -0.4 is 10.6 Å². The van der Waals surface area contributed by atoms with E-state index in [4.69, 9.17) is 4.74 Å². The zero-order chi connectivity index (χ0) is 26.4. The monoisotopic (exact) mass is 512 g/mol. The SMILES string of the molecule is CCCNC(=O)[C@H]1[C@H]2C(=O)N([C@@H](CC)CO)C(C(=O)NCn3nnc4ccccc43)C23CC[C@]1(CC)O3. The molecule has 0 radical (unpaired) electrons. The maximum Gasteiger partial charge on any atom is 0.247 e. The van der Waals surface area contributed by atoms with Gasteiger partial charge in [-0.1, -0.05) is 38.1 Å². The molecule has 5 rings (SSSR count). The van der Waals surface area contributed by atoms with E-state index < -0.39 is 35.1 Å². The summed E-state index contributed by atoms with van der Waals surface area (Å²) in [4.78, 5) is 42.9. The van der Waals surface area contributed by atoms with Crippen LogP contribution in [0.4, 0.5) is 0 Å². The number of amides is 3. The first-order chi connectivity index (χ1) is 17.9. The molecular weight excluding hydrogens is 476 g/mol. The standard InChI is InChI=1S/C26H36N6O5/c1-4-13-27-22(34)19-20-24(36)32(16(5-2)14-33)21(26(20)12-11-25(19,6-3)37-26)23(35)28-15-31-18-10-8-7-9-17(18)29-30-31/h7-10,16,19-21,33H,4-6,11-15H2,1-3H3,(H,27,34)(H,28,35)/t16-,19+,20-,21?,25-,26?/m0/s1. The number of likely N-dealkylation sites (tertiary alicyclic amines) is 1. The highest BCUT2D eigenvalue weighted by atomic mass is 16.5. The van der Waals surface area contributed by atoms with Gasteiger partial charge in [-0.05, 0) is 44.2 Å². The molecule has 2 aromatic rings. The van der Waals surface area contributed by atoms with Crippen LogP contribution in [0.5, 0.6) is 0 Å². The van der Waals surface area contributed by atoms with Gasteiger partial charge < -0.3 is 25.4 Å². The molecule has 1 aromatic carbocycles. The molecule has 3 saturated heterocycles. The Bertz CT molecular complexity index is 1200. The van der Waals surface area contributed by atoms with Gasteiger partial charge in [-0.25, -0.2) is 4.68 Å². The predicted molar refractivity (Wildman–Crippen MR) is 134 cm³/mol. The number of aliphatic hydroxyl groups excluding tert-OH is 1. The average Bonchev–Trinajstić information content (AvgIpc) is 3.64. The zero-order valence-electron chi connectivity index (χ0n) is 21.6. The molecule has 2 bridgehead atoms. The van der Waals surface area contributed by atoms with Gasteiger partial charge in [-0.15, -0.1) is 5.10 Å². The summed E-state index contributed by atoms with van der Waals surface area (Å²) in [6.45, 7) is 6.10. The molecule has 3 aliphatic rings. The smallest absolute Gasteiger partial charge is 0.247 e. The summed E-state index contributed by atoms with van der Waals surface area (Å²) < 4.78 is 8.31. The van der Waals surface area contributed by atoms with Crippen LogP contribution in [0, 0.1) is 11.8 Å². The van der Waals surface area contributed by atoms with E-state index in [2.05, 4.69) is 20.9 Å². The highest BCUT2D eigenvalue weighted by Gasteiger charge is 2.79. The molecule has 11 heteroatoms. The van der Waals surface area contributed by atoms with E-state index >= 15 is 0 Å². The lowest BCUT2D eigenvalue weighted by Gasteiger charge is -2.37. The molecule has 2 unspecified atom stereocenters. The lowest BCUT2D eigenvalue weighted by molar-refractivity contribution is -0.151. The number of ether oxygens (including phenoxy) is 1. The van der Waals surface area contributed by atoms with Gasteiger partial charge in [-0.3, -0.25) is 14.4 Å². The summed E-state index contributed by atoms with van der Waals surface area (Å²) in [6, 6.07) is 5.92. The number of aromatic nitrogens is 3. The van der Waals surface area contributed by atoms with Gasteiger partial charge >= 0.3 is 0 Å². The molecule has 3 N–H and O–H groups in total. The molecule has 3 amide bonds. The molecule has 11 nitrogen and oxygen atoms in total. The number of hydrogen-bond donors (Lipinski definition) is 3. The van der Waals surface area contributed by atoms with Crippen LogP contribution in [0.15, 0.2) is 24.3 Å². The molecule has 200 valence electrons. The Morgan fingerprint density at radius 3 is 2.68 bits per heavy atom. The van der Waals surface area contributed by atoms with E-state index in [-0.39, 0.29) is 31.0 Å². The number of carbonyl (C=O) groups is 3. The summed E-state index contributed by atoms with van der Waals surface area (Å²) in [7, 11) is 0. The Morgan fingerprint density at radius 1 is 1.19 bits per heavy atom. The summed E-state index contributed by atoms with van der Waals surface area (Å²) in [6.07, 6.45) is 2.91. The fraction of sp³-hybridized carbons (Fsp3) is 0.654. The quantitative estimate of drug-likeness (QED) is 0.431. The van der Waals surface area contributed by atoms with Crippen molar-refractivity contribution in [1.82, 2.24) is 30.5 Å². The molecular formula is C26H36N6O5. The molecule has 3 fully saturated rings. The van der Waals surface area contributed by atoms with Crippen molar-refractivity contribution in [3.05, 3.63) is 24.3 Å². The summed E-state index contributed by atoms with van der Waals surface area (Å²) in [5.74, 6) is -2.33. The van der Waals surface area contributed by atoms with Crippen molar-refractivity contribution in [2.24, 2.45) is 11.8 Å². The predicted octanol–water partition coefficient (Wildman–Crippen LogP) is 0.957.